The zero-order valence-electron chi connectivity index (χ0n) is 14.1. The molecule has 0 heterocycles. The maximum Gasteiger partial charge on any atom is 0.428 e. The van der Waals surface area contributed by atoms with Crippen LogP contribution in [0.3, 0.4) is 0 Å². The van der Waals surface area contributed by atoms with Gasteiger partial charge in [-0.3, -0.25) is 4.79 Å². The molecule has 0 spiro atoms. The first-order chi connectivity index (χ1) is 12.7. The number of methoxy groups -OCH3 is 1. The number of carbonyl (C=O) groups excluding carboxylic acids is 2. The summed E-state index contributed by atoms with van der Waals surface area (Å²) in [6.45, 7) is 0. The average Bonchev–Trinajstić information content (AvgIpc) is 2.62. The third-order valence-corrected chi connectivity index (χ3v) is 3.53. The van der Waals surface area contributed by atoms with Crippen LogP contribution in [0.2, 0.25) is 0 Å². The Morgan fingerprint density at radius 3 is 2.07 bits per heavy atom. The molecule has 0 unspecified atom stereocenters. The number of rotatable bonds is 6. The highest BCUT2D eigenvalue weighted by atomic mass is 19.4. The Labute approximate surface area is 152 Å². The van der Waals surface area contributed by atoms with Crippen molar-refractivity contribution in [1.82, 2.24) is 0 Å². The number of hydrogen-bond acceptors (Lipinski definition) is 5. The summed E-state index contributed by atoms with van der Waals surface area (Å²) in [5.74, 6) is -2.14. The number of carbonyl (C=O) groups is 2. The number of hydrogen-bond donors (Lipinski definition) is 2. The molecule has 2 aromatic carbocycles. The van der Waals surface area contributed by atoms with Gasteiger partial charge in [0.25, 0.3) is 5.60 Å². The monoisotopic (exact) mass is 383 g/mol. The van der Waals surface area contributed by atoms with Crippen molar-refractivity contribution < 1.29 is 37.3 Å². The van der Waals surface area contributed by atoms with Crippen molar-refractivity contribution in [2.45, 2.75) is 18.2 Å². The Balaban J connectivity index is 2.03. The van der Waals surface area contributed by atoms with E-state index in [1.54, 1.807) is 24.3 Å². The predicted octanol–water partition coefficient (Wildman–Crippen LogP) is 3.27. The van der Waals surface area contributed by atoms with Gasteiger partial charge in [-0.25, -0.2) is 4.79 Å². The molecular formula is C18H16F3NO5. The van der Waals surface area contributed by atoms with Crippen LogP contribution in [0.4, 0.5) is 18.9 Å². The second-order valence-electron chi connectivity index (χ2n) is 5.51. The molecule has 6 nitrogen and oxygen atoms in total. The number of alkyl halides is 3. The van der Waals surface area contributed by atoms with E-state index in [1.165, 1.54) is 24.3 Å². The van der Waals surface area contributed by atoms with Crippen LogP contribution in [0.25, 0.3) is 0 Å². The molecule has 0 aliphatic carbocycles. The number of esters is 1. The Bertz CT molecular complexity index is 793. The van der Waals surface area contributed by atoms with E-state index in [9.17, 15) is 27.9 Å². The maximum absolute atomic E-state index is 13.0. The van der Waals surface area contributed by atoms with Gasteiger partial charge < -0.3 is 19.9 Å². The van der Waals surface area contributed by atoms with Gasteiger partial charge in [0.2, 0.25) is 5.91 Å². The maximum atomic E-state index is 13.0. The fourth-order valence-corrected chi connectivity index (χ4v) is 2.13. The Hall–Kier alpha value is -3.07. The lowest BCUT2D eigenvalue weighted by molar-refractivity contribution is -0.261. The van der Waals surface area contributed by atoms with Crippen molar-refractivity contribution in [3.05, 3.63) is 54.6 Å². The molecular weight excluding hydrogens is 367 g/mol. The zero-order chi connectivity index (χ0) is 20.1. The van der Waals surface area contributed by atoms with Crippen molar-refractivity contribution in [3.63, 3.8) is 0 Å². The van der Waals surface area contributed by atoms with Crippen LogP contribution >= 0.6 is 0 Å². The first-order valence-corrected chi connectivity index (χ1v) is 7.66. The number of amides is 1. The van der Waals surface area contributed by atoms with E-state index >= 15 is 0 Å². The summed E-state index contributed by atoms with van der Waals surface area (Å²) < 4.78 is 48.4. The highest BCUT2D eigenvalue weighted by molar-refractivity contribution is 5.96. The fraction of sp³-hybridized carbons (Fsp3) is 0.222. The van der Waals surface area contributed by atoms with Crippen molar-refractivity contribution in [2.24, 2.45) is 0 Å². The number of halogens is 3. The summed E-state index contributed by atoms with van der Waals surface area (Å²) in [6.07, 6.45) is -6.91. The van der Waals surface area contributed by atoms with Crippen molar-refractivity contribution in [2.75, 3.05) is 12.4 Å². The highest BCUT2D eigenvalue weighted by Gasteiger charge is 2.61. The molecule has 0 radical (unpaired) electrons. The standard InChI is InChI=1S/C18H16F3NO5/c1-26-16(24)17(25,18(19,20)21)11-15(23)22-12-7-9-14(10-8-12)27-13-5-3-2-4-6-13/h2-10,25H,11H2,1H3,(H,22,23)/t17-/m0/s1. The van der Waals surface area contributed by atoms with Gasteiger partial charge in [0.15, 0.2) is 0 Å². The van der Waals surface area contributed by atoms with Crippen LogP contribution in [-0.4, -0.2) is 35.9 Å². The first kappa shape index (κ1) is 20.2. The van der Waals surface area contributed by atoms with E-state index < -0.39 is 30.1 Å². The van der Waals surface area contributed by atoms with Crippen LogP contribution in [0.1, 0.15) is 6.42 Å². The van der Waals surface area contributed by atoms with Crippen LogP contribution in [0.5, 0.6) is 11.5 Å². The minimum absolute atomic E-state index is 0.162. The van der Waals surface area contributed by atoms with Gasteiger partial charge >= 0.3 is 12.1 Å². The largest absolute Gasteiger partial charge is 0.467 e. The topological polar surface area (TPSA) is 84.9 Å². The quantitative estimate of drug-likeness (QED) is 0.748. The molecule has 2 rings (SSSR count). The summed E-state index contributed by atoms with van der Waals surface area (Å²) >= 11 is 0. The molecule has 0 saturated heterocycles. The summed E-state index contributed by atoms with van der Waals surface area (Å²) in [6, 6.07) is 14.7. The Morgan fingerprint density at radius 1 is 1.00 bits per heavy atom. The van der Waals surface area contributed by atoms with Gasteiger partial charge in [0.05, 0.1) is 13.5 Å². The van der Waals surface area contributed by atoms with Gasteiger partial charge in [0.1, 0.15) is 11.5 Å². The average molecular weight is 383 g/mol. The Morgan fingerprint density at radius 2 is 1.56 bits per heavy atom. The van der Waals surface area contributed by atoms with E-state index in [0.717, 1.165) is 0 Å². The summed E-state index contributed by atoms with van der Waals surface area (Å²) in [7, 11) is 0.683. The normalized spacial score (nSPS) is 13.4. The summed E-state index contributed by atoms with van der Waals surface area (Å²) in [4.78, 5) is 23.2. The van der Waals surface area contributed by atoms with Crippen LogP contribution in [0, 0.1) is 0 Å². The molecule has 0 fully saturated rings. The third-order valence-electron chi connectivity index (χ3n) is 3.53. The second-order valence-corrected chi connectivity index (χ2v) is 5.51. The second kappa shape index (κ2) is 8.09. The molecule has 0 aromatic heterocycles. The highest BCUT2D eigenvalue weighted by Crippen LogP contribution is 2.34. The molecule has 1 amide bonds. The van der Waals surface area contributed by atoms with Crippen LogP contribution in [-0.2, 0) is 14.3 Å². The van der Waals surface area contributed by atoms with E-state index in [2.05, 4.69) is 10.1 Å². The van der Waals surface area contributed by atoms with Gasteiger partial charge in [-0.1, -0.05) is 18.2 Å². The van der Waals surface area contributed by atoms with Gasteiger partial charge in [-0.2, -0.15) is 13.2 Å². The van der Waals surface area contributed by atoms with Gasteiger partial charge in [-0.15, -0.1) is 0 Å². The van der Waals surface area contributed by atoms with Gasteiger partial charge in [0, 0.05) is 5.69 Å². The number of benzene rings is 2. The zero-order valence-corrected chi connectivity index (χ0v) is 14.1. The number of anilines is 1. The number of aliphatic hydroxyl groups is 1. The molecule has 0 bridgehead atoms. The molecule has 0 aliphatic rings. The summed E-state index contributed by atoms with van der Waals surface area (Å²) in [5.41, 5.74) is -3.77. The smallest absolute Gasteiger partial charge is 0.428 e. The predicted molar refractivity (Wildman–Crippen MR) is 89.2 cm³/mol. The van der Waals surface area contributed by atoms with Crippen LogP contribution < -0.4 is 10.1 Å². The van der Waals surface area contributed by atoms with Crippen molar-refractivity contribution in [3.8, 4) is 11.5 Å². The lowest BCUT2D eigenvalue weighted by atomic mass is 9.98. The third kappa shape index (κ3) is 4.98. The van der Waals surface area contributed by atoms with Crippen molar-refractivity contribution in [1.29, 1.82) is 0 Å². The molecule has 0 aliphatic heterocycles. The SMILES string of the molecule is COC(=O)[C@@](O)(CC(=O)Nc1ccc(Oc2ccccc2)cc1)C(F)(F)F. The molecule has 0 saturated carbocycles. The van der Waals surface area contributed by atoms with Crippen molar-refractivity contribution >= 4 is 17.6 Å². The minimum Gasteiger partial charge on any atom is -0.467 e. The van der Waals surface area contributed by atoms with Gasteiger partial charge in [-0.05, 0) is 36.4 Å². The van der Waals surface area contributed by atoms with E-state index in [0.29, 0.717) is 18.6 Å². The first-order valence-electron chi connectivity index (χ1n) is 7.66. The van der Waals surface area contributed by atoms with E-state index in [4.69, 9.17) is 4.74 Å². The minimum atomic E-state index is -5.37. The Kier molecular flexibility index (Phi) is 6.06. The lowest BCUT2D eigenvalue weighted by Gasteiger charge is -2.26. The molecule has 2 N–H and O–H groups in total. The number of nitrogens with one attached hydrogen (secondary N) is 1. The summed E-state index contributed by atoms with van der Waals surface area (Å²) in [5, 5.41) is 11.8. The lowest BCUT2D eigenvalue weighted by Crippen LogP contribution is -2.54. The molecule has 27 heavy (non-hydrogen) atoms. The molecule has 144 valence electrons. The molecule has 2 aromatic rings. The van der Waals surface area contributed by atoms with Crippen LogP contribution in [0.15, 0.2) is 54.6 Å². The fourth-order valence-electron chi connectivity index (χ4n) is 2.13. The number of para-hydroxylation sites is 1. The molecule has 1 atom stereocenters. The van der Waals surface area contributed by atoms with E-state index in [-0.39, 0.29) is 5.69 Å². The molecule has 9 heteroatoms. The van der Waals surface area contributed by atoms with E-state index in [1.807, 2.05) is 6.07 Å². The number of ether oxygens (including phenoxy) is 2.